The van der Waals surface area contributed by atoms with Gasteiger partial charge in [0.15, 0.2) is 5.17 Å². The Hall–Kier alpha value is -1.75. The Morgan fingerprint density at radius 3 is 2.64 bits per heavy atom. The normalized spacial score (nSPS) is 20.5. The van der Waals surface area contributed by atoms with Crippen LogP contribution < -0.4 is 4.90 Å². The Balaban J connectivity index is 1.81. The fraction of sp³-hybridized carbons (Fsp3) is 0.412. The van der Waals surface area contributed by atoms with E-state index in [1.165, 1.54) is 31.0 Å². The number of hydrogen-bond donors (Lipinski definition) is 0. The van der Waals surface area contributed by atoms with Crippen LogP contribution in [0.25, 0.3) is 6.08 Å². The Labute approximate surface area is 135 Å². The smallest absolute Gasteiger partial charge is 0.286 e. The monoisotopic (exact) mass is 315 g/mol. The number of likely N-dealkylation sites (tertiary alicyclic amines) is 1. The Bertz CT molecular complexity index is 631. The summed E-state index contributed by atoms with van der Waals surface area (Å²) < 4.78 is 0. The van der Waals surface area contributed by atoms with E-state index in [2.05, 4.69) is 20.9 Å². The van der Waals surface area contributed by atoms with Gasteiger partial charge in [-0.2, -0.15) is 4.99 Å². The van der Waals surface area contributed by atoms with Crippen molar-refractivity contribution in [3.63, 3.8) is 0 Å². The molecule has 4 nitrogen and oxygen atoms in total. The number of carbonyl (C=O) groups is 1. The highest BCUT2D eigenvalue weighted by atomic mass is 32.2. The SMILES string of the molecule is CN(C)c1ccccc1C=C1SC(N2CCCCC2)=NC1=O. The second kappa shape index (κ2) is 6.57. The fourth-order valence-corrected chi connectivity index (χ4v) is 3.73. The first-order valence-corrected chi connectivity index (χ1v) is 8.50. The second-order valence-electron chi connectivity index (χ2n) is 5.81. The summed E-state index contributed by atoms with van der Waals surface area (Å²) in [5.74, 6) is -0.112. The summed E-state index contributed by atoms with van der Waals surface area (Å²) in [5.41, 5.74) is 2.16. The van der Waals surface area contributed by atoms with Gasteiger partial charge in [0, 0.05) is 32.9 Å². The molecular formula is C17H21N3OS. The number of amidine groups is 1. The number of hydrogen-bond acceptors (Lipinski definition) is 4. The maximum absolute atomic E-state index is 12.2. The molecule has 2 aliphatic rings. The number of nitrogens with zero attached hydrogens (tertiary/aromatic N) is 3. The predicted octanol–water partition coefficient (Wildman–Crippen LogP) is 3.21. The van der Waals surface area contributed by atoms with Gasteiger partial charge in [0.2, 0.25) is 0 Å². The van der Waals surface area contributed by atoms with Gasteiger partial charge in [0.1, 0.15) is 0 Å². The Morgan fingerprint density at radius 2 is 1.91 bits per heavy atom. The summed E-state index contributed by atoms with van der Waals surface area (Å²) in [5, 5.41) is 0.873. The van der Waals surface area contributed by atoms with Crippen LogP contribution in [0, 0.1) is 0 Å². The van der Waals surface area contributed by atoms with Crippen LogP contribution in [0.5, 0.6) is 0 Å². The molecule has 22 heavy (non-hydrogen) atoms. The molecule has 0 unspecified atom stereocenters. The lowest BCUT2D eigenvalue weighted by atomic mass is 10.1. The molecule has 1 fully saturated rings. The van der Waals surface area contributed by atoms with E-state index in [1.54, 1.807) is 0 Å². The molecule has 0 radical (unpaired) electrons. The van der Waals surface area contributed by atoms with E-state index in [0.717, 1.165) is 34.4 Å². The van der Waals surface area contributed by atoms with Gasteiger partial charge in [-0.1, -0.05) is 18.2 Å². The number of carbonyl (C=O) groups excluding carboxylic acids is 1. The van der Waals surface area contributed by atoms with Gasteiger partial charge < -0.3 is 9.80 Å². The Morgan fingerprint density at radius 1 is 1.18 bits per heavy atom. The molecule has 0 aromatic heterocycles. The summed E-state index contributed by atoms with van der Waals surface area (Å²) in [7, 11) is 4.02. The van der Waals surface area contributed by atoms with Crippen LogP contribution in [-0.2, 0) is 4.79 Å². The molecule has 5 heteroatoms. The van der Waals surface area contributed by atoms with Gasteiger partial charge in [-0.25, -0.2) is 0 Å². The van der Waals surface area contributed by atoms with Gasteiger partial charge >= 0.3 is 0 Å². The highest BCUT2D eigenvalue weighted by Crippen LogP contribution is 2.33. The van der Waals surface area contributed by atoms with E-state index < -0.39 is 0 Å². The van der Waals surface area contributed by atoms with Crippen molar-refractivity contribution in [2.75, 3.05) is 32.1 Å². The van der Waals surface area contributed by atoms with Gasteiger partial charge in [-0.05, 0) is 48.7 Å². The molecule has 0 atom stereocenters. The predicted molar refractivity (Wildman–Crippen MR) is 94.2 cm³/mol. The molecule has 0 aliphatic carbocycles. The van der Waals surface area contributed by atoms with E-state index in [1.807, 2.05) is 38.4 Å². The zero-order valence-electron chi connectivity index (χ0n) is 13.1. The fourth-order valence-electron chi connectivity index (χ4n) is 2.78. The van der Waals surface area contributed by atoms with Crippen LogP contribution in [-0.4, -0.2) is 43.2 Å². The number of para-hydroxylation sites is 1. The average Bonchev–Trinajstić information content (AvgIpc) is 2.90. The molecule has 1 amide bonds. The topological polar surface area (TPSA) is 35.9 Å². The minimum Gasteiger partial charge on any atom is -0.377 e. The van der Waals surface area contributed by atoms with Crippen molar-refractivity contribution < 1.29 is 4.79 Å². The molecule has 0 N–H and O–H groups in total. The quantitative estimate of drug-likeness (QED) is 0.785. The molecule has 3 rings (SSSR count). The van der Waals surface area contributed by atoms with E-state index in [4.69, 9.17) is 0 Å². The number of piperidine rings is 1. The van der Waals surface area contributed by atoms with Crippen molar-refractivity contribution in [1.82, 2.24) is 4.90 Å². The summed E-state index contributed by atoms with van der Waals surface area (Å²) in [6.07, 6.45) is 5.62. The highest BCUT2D eigenvalue weighted by molar-refractivity contribution is 8.18. The minimum absolute atomic E-state index is 0.112. The van der Waals surface area contributed by atoms with Crippen molar-refractivity contribution in [2.24, 2.45) is 4.99 Å². The maximum Gasteiger partial charge on any atom is 0.286 e. The molecule has 0 saturated carbocycles. The number of benzene rings is 1. The van der Waals surface area contributed by atoms with Crippen LogP contribution in [0.3, 0.4) is 0 Å². The molecule has 116 valence electrons. The summed E-state index contributed by atoms with van der Waals surface area (Å²) in [4.78, 5) is 21.5. The van der Waals surface area contributed by atoms with Crippen LogP contribution in [0.15, 0.2) is 34.2 Å². The molecule has 1 aromatic carbocycles. The third-order valence-electron chi connectivity index (χ3n) is 3.94. The standard InChI is InChI=1S/C17H21N3OS/c1-19(2)14-9-5-4-8-13(14)12-15-16(21)18-17(22-15)20-10-6-3-7-11-20/h4-5,8-9,12H,3,6-7,10-11H2,1-2H3. The summed E-state index contributed by atoms with van der Waals surface area (Å²) in [6, 6.07) is 8.10. The van der Waals surface area contributed by atoms with Crippen molar-refractivity contribution >= 4 is 34.6 Å². The first kappa shape index (κ1) is 15.2. The van der Waals surface area contributed by atoms with Crippen molar-refractivity contribution in [1.29, 1.82) is 0 Å². The number of amides is 1. The lowest BCUT2D eigenvalue weighted by molar-refractivity contribution is -0.113. The molecule has 2 aliphatic heterocycles. The zero-order valence-corrected chi connectivity index (χ0v) is 13.9. The highest BCUT2D eigenvalue weighted by Gasteiger charge is 2.27. The minimum atomic E-state index is -0.112. The van der Waals surface area contributed by atoms with Crippen LogP contribution in [0.1, 0.15) is 24.8 Å². The molecule has 1 aromatic rings. The van der Waals surface area contributed by atoms with Crippen molar-refractivity contribution in [3.05, 3.63) is 34.7 Å². The third-order valence-corrected chi connectivity index (χ3v) is 4.99. The molecule has 1 saturated heterocycles. The van der Waals surface area contributed by atoms with E-state index in [-0.39, 0.29) is 5.91 Å². The Kier molecular flexibility index (Phi) is 4.52. The van der Waals surface area contributed by atoms with Gasteiger partial charge in [0.05, 0.1) is 4.91 Å². The summed E-state index contributed by atoms with van der Waals surface area (Å²) in [6.45, 7) is 2.03. The lowest BCUT2D eigenvalue weighted by Gasteiger charge is -2.27. The average molecular weight is 315 g/mol. The molecule has 0 spiro atoms. The van der Waals surface area contributed by atoms with Crippen LogP contribution >= 0.6 is 11.8 Å². The molecule has 0 bridgehead atoms. The van der Waals surface area contributed by atoms with Gasteiger partial charge in [0.25, 0.3) is 5.91 Å². The van der Waals surface area contributed by atoms with Crippen LogP contribution in [0.2, 0.25) is 0 Å². The first-order valence-electron chi connectivity index (χ1n) is 7.69. The third kappa shape index (κ3) is 3.19. The number of anilines is 1. The van der Waals surface area contributed by atoms with E-state index in [0.29, 0.717) is 0 Å². The molecular weight excluding hydrogens is 294 g/mol. The second-order valence-corrected chi connectivity index (χ2v) is 6.82. The van der Waals surface area contributed by atoms with Gasteiger partial charge in [-0.15, -0.1) is 0 Å². The van der Waals surface area contributed by atoms with Crippen molar-refractivity contribution in [3.8, 4) is 0 Å². The zero-order chi connectivity index (χ0) is 15.5. The maximum atomic E-state index is 12.2. The number of aliphatic imine (C=N–C) groups is 1. The first-order chi connectivity index (χ1) is 10.6. The van der Waals surface area contributed by atoms with Crippen molar-refractivity contribution in [2.45, 2.75) is 19.3 Å². The largest absolute Gasteiger partial charge is 0.377 e. The number of thioether (sulfide) groups is 1. The summed E-state index contributed by atoms with van der Waals surface area (Å²) >= 11 is 1.51. The van der Waals surface area contributed by atoms with E-state index in [9.17, 15) is 4.79 Å². The molecule has 2 heterocycles. The van der Waals surface area contributed by atoms with Gasteiger partial charge in [-0.3, -0.25) is 4.79 Å². The van der Waals surface area contributed by atoms with E-state index >= 15 is 0 Å². The number of rotatable bonds is 2. The van der Waals surface area contributed by atoms with Crippen LogP contribution in [0.4, 0.5) is 5.69 Å². The lowest BCUT2D eigenvalue weighted by Crippen LogP contribution is -2.33.